The Bertz CT molecular complexity index is 544. The van der Waals surface area contributed by atoms with Crippen molar-refractivity contribution in [2.45, 2.75) is 23.8 Å². The van der Waals surface area contributed by atoms with E-state index >= 15 is 0 Å². The van der Waals surface area contributed by atoms with Crippen molar-refractivity contribution >= 4 is 37.6 Å². The summed E-state index contributed by atoms with van der Waals surface area (Å²) in [7, 11) is -3.44. The standard InChI is InChI=1S/C13H17BrClNO3S/c14-6-9-19-12-4-7-16(8-5-12)20(17,18)13-3-1-2-11(15)10-13/h1-3,10,12H,4-9H2. The summed E-state index contributed by atoms with van der Waals surface area (Å²) in [5, 5.41) is 1.23. The number of ether oxygens (including phenoxy) is 1. The maximum atomic E-state index is 12.5. The Morgan fingerprint density at radius 3 is 2.65 bits per heavy atom. The number of piperidine rings is 1. The summed E-state index contributed by atoms with van der Waals surface area (Å²) in [6, 6.07) is 6.39. The summed E-state index contributed by atoms with van der Waals surface area (Å²) in [4.78, 5) is 0.254. The van der Waals surface area contributed by atoms with Crippen LogP contribution < -0.4 is 0 Å². The number of halogens is 2. The van der Waals surface area contributed by atoms with Crippen molar-refractivity contribution in [3.63, 3.8) is 0 Å². The van der Waals surface area contributed by atoms with Gasteiger partial charge in [0.1, 0.15) is 0 Å². The molecule has 0 saturated carbocycles. The molecule has 4 nitrogen and oxygen atoms in total. The van der Waals surface area contributed by atoms with Crippen molar-refractivity contribution in [1.82, 2.24) is 4.31 Å². The van der Waals surface area contributed by atoms with Gasteiger partial charge in [0, 0.05) is 23.4 Å². The molecular weight excluding hydrogens is 366 g/mol. The summed E-state index contributed by atoms with van der Waals surface area (Å²) < 4.78 is 32.1. The van der Waals surface area contributed by atoms with Crippen LogP contribution in [-0.4, -0.2) is 43.9 Å². The van der Waals surface area contributed by atoms with Crippen LogP contribution in [0.2, 0.25) is 5.02 Å². The molecule has 0 N–H and O–H groups in total. The van der Waals surface area contributed by atoms with Gasteiger partial charge in [-0.15, -0.1) is 0 Å². The molecule has 0 atom stereocenters. The Morgan fingerprint density at radius 1 is 1.35 bits per heavy atom. The van der Waals surface area contributed by atoms with Crippen LogP contribution in [0.15, 0.2) is 29.2 Å². The van der Waals surface area contributed by atoms with E-state index in [-0.39, 0.29) is 11.0 Å². The van der Waals surface area contributed by atoms with Gasteiger partial charge in [-0.3, -0.25) is 0 Å². The minimum absolute atomic E-state index is 0.151. The molecule has 0 spiro atoms. The Hall–Kier alpha value is -0.140. The molecule has 20 heavy (non-hydrogen) atoms. The molecule has 1 fully saturated rings. The lowest BCUT2D eigenvalue weighted by Crippen LogP contribution is -2.40. The molecule has 0 aromatic heterocycles. The Kier molecular flexibility index (Phi) is 5.86. The molecule has 1 saturated heterocycles. The lowest BCUT2D eigenvalue weighted by Gasteiger charge is -2.31. The number of rotatable bonds is 5. The third-order valence-corrected chi connectivity index (χ3v) is 5.72. The molecule has 0 bridgehead atoms. The van der Waals surface area contributed by atoms with Crippen LogP contribution in [0.3, 0.4) is 0 Å². The van der Waals surface area contributed by atoms with E-state index in [0.29, 0.717) is 24.7 Å². The molecule has 1 aliphatic rings. The summed E-state index contributed by atoms with van der Waals surface area (Å²) in [6.45, 7) is 1.63. The number of hydrogen-bond acceptors (Lipinski definition) is 3. The fraction of sp³-hybridized carbons (Fsp3) is 0.538. The van der Waals surface area contributed by atoms with E-state index in [2.05, 4.69) is 15.9 Å². The lowest BCUT2D eigenvalue weighted by atomic mass is 10.1. The van der Waals surface area contributed by atoms with Gasteiger partial charge in [-0.05, 0) is 31.0 Å². The highest BCUT2D eigenvalue weighted by atomic mass is 79.9. The van der Waals surface area contributed by atoms with Crippen molar-refractivity contribution in [3.8, 4) is 0 Å². The highest BCUT2D eigenvalue weighted by Crippen LogP contribution is 2.23. The van der Waals surface area contributed by atoms with Crippen molar-refractivity contribution in [3.05, 3.63) is 29.3 Å². The second kappa shape index (κ2) is 7.22. The third-order valence-electron chi connectivity index (χ3n) is 3.27. The van der Waals surface area contributed by atoms with E-state index < -0.39 is 10.0 Å². The van der Waals surface area contributed by atoms with E-state index in [0.717, 1.165) is 18.2 Å². The fourth-order valence-corrected chi connectivity index (χ4v) is 4.18. The van der Waals surface area contributed by atoms with Gasteiger partial charge in [0.05, 0.1) is 17.6 Å². The van der Waals surface area contributed by atoms with E-state index in [1.807, 2.05) is 0 Å². The van der Waals surface area contributed by atoms with Crippen LogP contribution in [0, 0.1) is 0 Å². The summed E-state index contributed by atoms with van der Waals surface area (Å²) in [5.74, 6) is 0. The number of benzene rings is 1. The average Bonchev–Trinajstić information content (AvgIpc) is 2.45. The first kappa shape index (κ1) is 16.2. The molecule has 0 unspecified atom stereocenters. The van der Waals surface area contributed by atoms with Crippen LogP contribution in [0.5, 0.6) is 0 Å². The van der Waals surface area contributed by atoms with E-state index in [4.69, 9.17) is 16.3 Å². The van der Waals surface area contributed by atoms with Crippen molar-refractivity contribution in [2.24, 2.45) is 0 Å². The van der Waals surface area contributed by atoms with Crippen LogP contribution in [-0.2, 0) is 14.8 Å². The van der Waals surface area contributed by atoms with Gasteiger partial charge in [-0.1, -0.05) is 33.6 Å². The highest BCUT2D eigenvalue weighted by Gasteiger charge is 2.29. The summed E-state index contributed by atoms with van der Waals surface area (Å²) in [5.41, 5.74) is 0. The zero-order valence-electron chi connectivity index (χ0n) is 11.0. The Labute approximate surface area is 133 Å². The fourth-order valence-electron chi connectivity index (χ4n) is 2.23. The van der Waals surface area contributed by atoms with Gasteiger partial charge >= 0.3 is 0 Å². The minimum atomic E-state index is -3.44. The molecule has 0 amide bonds. The smallest absolute Gasteiger partial charge is 0.243 e. The Balaban J connectivity index is 2.02. The van der Waals surface area contributed by atoms with Crippen molar-refractivity contribution < 1.29 is 13.2 Å². The van der Waals surface area contributed by atoms with Crippen molar-refractivity contribution in [2.75, 3.05) is 25.0 Å². The number of nitrogens with zero attached hydrogens (tertiary/aromatic N) is 1. The van der Waals surface area contributed by atoms with Crippen molar-refractivity contribution in [1.29, 1.82) is 0 Å². The van der Waals surface area contributed by atoms with Gasteiger partial charge in [0.2, 0.25) is 10.0 Å². The van der Waals surface area contributed by atoms with Crippen LogP contribution in [0.1, 0.15) is 12.8 Å². The number of hydrogen-bond donors (Lipinski definition) is 0. The second-order valence-corrected chi connectivity index (χ2v) is 7.79. The predicted octanol–water partition coefficient (Wildman–Crippen LogP) is 2.90. The van der Waals surface area contributed by atoms with Gasteiger partial charge in [-0.25, -0.2) is 8.42 Å². The number of sulfonamides is 1. The van der Waals surface area contributed by atoms with E-state index in [1.165, 1.54) is 10.4 Å². The Morgan fingerprint density at radius 2 is 2.05 bits per heavy atom. The molecule has 1 aromatic rings. The second-order valence-electron chi connectivity index (χ2n) is 4.62. The predicted molar refractivity (Wildman–Crippen MR) is 83.0 cm³/mol. The molecule has 7 heteroatoms. The first-order valence-corrected chi connectivity index (χ1v) is 9.41. The molecule has 112 valence electrons. The molecule has 1 heterocycles. The topological polar surface area (TPSA) is 46.6 Å². The first-order valence-electron chi connectivity index (χ1n) is 6.47. The zero-order chi connectivity index (χ0) is 14.6. The minimum Gasteiger partial charge on any atom is -0.377 e. The van der Waals surface area contributed by atoms with Crippen LogP contribution in [0.25, 0.3) is 0 Å². The maximum absolute atomic E-state index is 12.5. The van der Waals surface area contributed by atoms with E-state index in [1.54, 1.807) is 18.2 Å². The largest absolute Gasteiger partial charge is 0.377 e. The van der Waals surface area contributed by atoms with Gasteiger partial charge in [0.25, 0.3) is 0 Å². The van der Waals surface area contributed by atoms with Gasteiger partial charge in [0.15, 0.2) is 0 Å². The molecule has 1 aliphatic heterocycles. The maximum Gasteiger partial charge on any atom is 0.243 e. The van der Waals surface area contributed by atoms with Gasteiger partial charge in [-0.2, -0.15) is 4.31 Å². The number of alkyl halides is 1. The average molecular weight is 383 g/mol. The molecule has 0 aliphatic carbocycles. The van der Waals surface area contributed by atoms with Crippen LogP contribution >= 0.6 is 27.5 Å². The molecule has 1 aromatic carbocycles. The van der Waals surface area contributed by atoms with Crippen LogP contribution in [0.4, 0.5) is 0 Å². The van der Waals surface area contributed by atoms with Gasteiger partial charge < -0.3 is 4.74 Å². The molecule has 0 radical (unpaired) electrons. The molecule has 2 rings (SSSR count). The quantitative estimate of drug-likeness (QED) is 0.736. The summed E-state index contributed by atoms with van der Waals surface area (Å²) >= 11 is 9.18. The third kappa shape index (κ3) is 3.95. The highest BCUT2D eigenvalue weighted by molar-refractivity contribution is 9.09. The first-order chi connectivity index (χ1) is 9.54. The normalized spacial score (nSPS) is 18.3. The lowest BCUT2D eigenvalue weighted by molar-refractivity contribution is 0.0309. The SMILES string of the molecule is O=S(=O)(c1cccc(Cl)c1)N1CCC(OCCBr)CC1. The zero-order valence-corrected chi connectivity index (χ0v) is 14.1. The van der Waals surface area contributed by atoms with E-state index in [9.17, 15) is 8.42 Å². The molecular formula is C13H17BrClNO3S. The monoisotopic (exact) mass is 381 g/mol. The summed E-state index contributed by atoms with van der Waals surface area (Å²) in [6.07, 6.45) is 1.61.